The Morgan fingerprint density at radius 2 is 2.14 bits per heavy atom. The number of amides is 1. The Morgan fingerprint density at radius 1 is 1.28 bits per heavy atom. The number of nitrogens with zero attached hydrogens (tertiary/aromatic N) is 1. The molecule has 1 N–H and O–H groups in total. The maximum absolute atomic E-state index is 13.0. The third-order valence-electron chi connectivity index (χ3n) is 4.77. The summed E-state index contributed by atoms with van der Waals surface area (Å²) in [6.07, 6.45) is 2.03. The molecule has 2 heterocycles. The average molecular weight is 457 g/mol. The largest absolute Gasteiger partial charge is 0.494 e. The normalized spacial score (nSPS) is 16.9. The van der Waals surface area contributed by atoms with Crippen molar-refractivity contribution in [1.82, 2.24) is 5.32 Å². The Hall–Kier alpha value is -2.64. The van der Waals surface area contributed by atoms with Gasteiger partial charge in [0.1, 0.15) is 22.6 Å². The lowest BCUT2D eigenvalue weighted by Gasteiger charge is -2.11. The van der Waals surface area contributed by atoms with Crippen LogP contribution in [-0.2, 0) is 4.74 Å². The van der Waals surface area contributed by atoms with Crippen LogP contribution in [-0.4, -0.2) is 32.3 Å². The van der Waals surface area contributed by atoms with Crippen molar-refractivity contribution in [3.8, 4) is 5.75 Å². The highest BCUT2D eigenvalue weighted by atomic mass is 79.9. The number of halogens is 1. The van der Waals surface area contributed by atoms with Crippen LogP contribution < -0.4 is 15.6 Å². The second kappa shape index (κ2) is 8.80. The monoisotopic (exact) mass is 456 g/mol. The molecule has 7 heteroatoms. The minimum atomic E-state index is -0.250. The zero-order chi connectivity index (χ0) is 20.2. The fraction of sp³-hybridized carbons (Fsp3) is 0.273. The molecule has 0 radical (unpaired) electrons. The van der Waals surface area contributed by atoms with Gasteiger partial charge >= 0.3 is 0 Å². The molecular weight excluding hydrogens is 436 g/mol. The van der Waals surface area contributed by atoms with Crippen LogP contribution in [0.4, 0.5) is 5.69 Å². The summed E-state index contributed by atoms with van der Waals surface area (Å²) in [5.74, 6) is 0.351. The summed E-state index contributed by atoms with van der Waals surface area (Å²) in [6, 6.07) is 14.8. The van der Waals surface area contributed by atoms with Gasteiger partial charge in [-0.05, 0) is 49.2 Å². The lowest BCUT2D eigenvalue weighted by atomic mass is 10.1. The van der Waals surface area contributed by atoms with E-state index in [1.165, 1.54) is 0 Å². The van der Waals surface area contributed by atoms with Crippen molar-refractivity contribution in [2.75, 3.05) is 20.3 Å². The van der Waals surface area contributed by atoms with Crippen LogP contribution in [0.25, 0.3) is 11.0 Å². The molecule has 0 aliphatic carbocycles. The summed E-state index contributed by atoms with van der Waals surface area (Å²) in [5.41, 5.74) is 1.81. The van der Waals surface area contributed by atoms with E-state index in [2.05, 4.69) is 26.2 Å². The van der Waals surface area contributed by atoms with E-state index in [9.17, 15) is 4.79 Å². The first-order valence-electron chi connectivity index (χ1n) is 9.45. The predicted molar refractivity (Wildman–Crippen MR) is 113 cm³/mol. The van der Waals surface area contributed by atoms with Crippen molar-refractivity contribution < 1.29 is 18.7 Å². The highest BCUT2D eigenvalue weighted by molar-refractivity contribution is 9.10. The highest BCUT2D eigenvalue weighted by Gasteiger charge is 2.19. The van der Waals surface area contributed by atoms with E-state index in [1.54, 1.807) is 13.2 Å². The molecule has 1 aliphatic rings. The van der Waals surface area contributed by atoms with Crippen LogP contribution in [0, 0.1) is 0 Å². The summed E-state index contributed by atoms with van der Waals surface area (Å²) in [5, 5.41) is 3.75. The van der Waals surface area contributed by atoms with Gasteiger partial charge in [-0.3, -0.25) is 4.79 Å². The molecule has 6 nitrogen and oxygen atoms in total. The van der Waals surface area contributed by atoms with Crippen molar-refractivity contribution in [3.05, 3.63) is 64.1 Å². The maximum atomic E-state index is 13.0. The minimum Gasteiger partial charge on any atom is -0.494 e. The summed E-state index contributed by atoms with van der Waals surface area (Å²) in [4.78, 5) is 17.6. The molecule has 0 saturated carbocycles. The summed E-state index contributed by atoms with van der Waals surface area (Å²) in [7, 11) is 1.58. The third-order valence-corrected chi connectivity index (χ3v) is 5.27. The Bertz CT molecular complexity index is 1100. The number of fused-ring (bicyclic) bond motifs is 1. The van der Waals surface area contributed by atoms with E-state index in [1.807, 2.05) is 42.5 Å². The molecule has 0 spiro atoms. The Balaban J connectivity index is 1.78. The Labute approximate surface area is 176 Å². The standard InChI is InChI=1S/C22H21BrN2O4/c1-27-20-7-3-2-6-18(20)25-22-17(21(26)24-13-16-5-4-10-28-16)12-14-11-15(23)8-9-19(14)29-22/h2-3,6-9,11-12,16H,4-5,10,13H2,1H3,(H,24,26)/t16-/m1/s1. The molecule has 1 aliphatic heterocycles. The quantitative estimate of drug-likeness (QED) is 0.619. The molecule has 1 atom stereocenters. The number of methoxy groups -OCH3 is 1. The molecule has 3 aromatic rings. The van der Waals surface area contributed by atoms with Crippen LogP contribution in [0.3, 0.4) is 0 Å². The van der Waals surface area contributed by atoms with Crippen molar-refractivity contribution in [2.45, 2.75) is 18.9 Å². The summed E-state index contributed by atoms with van der Waals surface area (Å²) >= 11 is 3.46. The molecule has 0 unspecified atom stereocenters. The fourth-order valence-electron chi connectivity index (χ4n) is 3.29. The van der Waals surface area contributed by atoms with Gasteiger partial charge in [0.25, 0.3) is 5.91 Å². The van der Waals surface area contributed by atoms with Gasteiger partial charge in [-0.25, -0.2) is 4.99 Å². The smallest absolute Gasteiger partial charge is 0.256 e. The van der Waals surface area contributed by atoms with Crippen molar-refractivity contribution in [3.63, 3.8) is 0 Å². The molecule has 1 fully saturated rings. The van der Waals surface area contributed by atoms with E-state index in [4.69, 9.17) is 13.9 Å². The van der Waals surface area contributed by atoms with Gasteiger partial charge in [-0.2, -0.15) is 0 Å². The van der Waals surface area contributed by atoms with Crippen LogP contribution in [0.5, 0.6) is 5.75 Å². The molecule has 0 bridgehead atoms. The van der Waals surface area contributed by atoms with Gasteiger partial charge < -0.3 is 19.2 Å². The van der Waals surface area contributed by atoms with E-state index in [0.717, 1.165) is 29.3 Å². The number of hydrogen-bond donors (Lipinski definition) is 1. The molecule has 1 saturated heterocycles. The number of hydrogen-bond acceptors (Lipinski definition) is 5. The lowest BCUT2D eigenvalue weighted by Crippen LogP contribution is -2.34. The van der Waals surface area contributed by atoms with Gasteiger partial charge in [-0.15, -0.1) is 0 Å². The average Bonchev–Trinajstić information content (AvgIpc) is 3.26. The molecule has 2 aromatic carbocycles. The van der Waals surface area contributed by atoms with Gasteiger partial charge in [0.2, 0.25) is 5.55 Å². The number of rotatable bonds is 5. The van der Waals surface area contributed by atoms with Crippen LogP contribution in [0.1, 0.15) is 23.2 Å². The van der Waals surface area contributed by atoms with E-state index in [-0.39, 0.29) is 17.6 Å². The number of carbonyl (C=O) groups excluding carboxylic acids is 1. The topological polar surface area (TPSA) is 73.1 Å². The van der Waals surface area contributed by atoms with Crippen LogP contribution >= 0.6 is 15.9 Å². The summed E-state index contributed by atoms with van der Waals surface area (Å²) < 4.78 is 17.9. The van der Waals surface area contributed by atoms with Gasteiger partial charge in [0.05, 0.1) is 13.2 Å². The molecular formula is C22H21BrN2O4. The number of ether oxygens (including phenoxy) is 2. The zero-order valence-electron chi connectivity index (χ0n) is 16.0. The van der Waals surface area contributed by atoms with Gasteiger partial charge in [-0.1, -0.05) is 28.1 Å². The zero-order valence-corrected chi connectivity index (χ0v) is 17.6. The number of benzene rings is 2. The predicted octanol–water partition coefficient (Wildman–Crippen LogP) is 4.35. The van der Waals surface area contributed by atoms with E-state index >= 15 is 0 Å². The summed E-state index contributed by atoms with van der Waals surface area (Å²) in [6.45, 7) is 1.21. The number of para-hydroxylation sites is 2. The first-order valence-corrected chi connectivity index (χ1v) is 10.2. The second-order valence-electron chi connectivity index (χ2n) is 6.78. The second-order valence-corrected chi connectivity index (χ2v) is 7.69. The molecule has 1 amide bonds. The lowest BCUT2D eigenvalue weighted by molar-refractivity contribution is 0.0854. The SMILES string of the molecule is COc1ccccc1N=c1oc2ccc(Br)cc2cc1C(=O)NC[C@H]1CCCO1. The third kappa shape index (κ3) is 4.52. The molecule has 1 aromatic heterocycles. The molecule has 4 rings (SSSR count). The van der Waals surface area contributed by atoms with E-state index in [0.29, 0.717) is 29.1 Å². The fourth-order valence-corrected chi connectivity index (χ4v) is 3.66. The van der Waals surface area contributed by atoms with Crippen molar-refractivity contribution >= 4 is 38.5 Å². The van der Waals surface area contributed by atoms with Gasteiger partial charge in [0, 0.05) is 23.0 Å². The minimum absolute atomic E-state index is 0.0556. The van der Waals surface area contributed by atoms with Crippen molar-refractivity contribution in [1.29, 1.82) is 0 Å². The number of carbonyl (C=O) groups is 1. The van der Waals surface area contributed by atoms with Crippen LogP contribution in [0.15, 0.2) is 62.4 Å². The first-order chi connectivity index (χ1) is 14.1. The molecule has 29 heavy (non-hydrogen) atoms. The maximum Gasteiger partial charge on any atom is 0.256 e. The highest BCUT2D eigenvalue weighted by Crippen LogP contribution is 2.26. The van der Waals surface area contributed by atoms with Crippen LogP contribution in [0.2, 0.25) is 0 Å². The first kappa shape index (κ1) is 19.7. The Morgan fingerprint density at radius 3 is 2.93 bits per heavy atom. The Kier molecular flexibility index (Phi) is 5.97. The molecule has 150 valence electrons. The van der Waals surface area contributed by atoms with Gasteiger partial charge in [0.15, 0.2) is 0 Å². The van der Waals surface area contributed by atoms with E-state index < -0.39 is 0 Å². The van der Waals surface area contributed by atoms with Crippen molar-refractivity contribution in [2.24, 2.45) is 4.99 Å². The number of nitrogens with one attached hydrogen (secondary N) is 1.